The predicted molar refractivity (Wildman–Crippen MR) is 90.1 cm³/mol. The van der Waals surface area contributed by atoms with Gasteiger partial charge in [0.25, 0.3) is 5.89 Å². The lowest BCUT2D eigenvalue weighted by atomic mass is 9.85. The number of hydrogen-bond donors (Lipinski definition) is 1. The topological polar surface area (TPSA) is 68.0 Å². The number of nitrogens with one attached hydrogen (secondary N) is 1. The van der Waals surface area contributed by atoms with Crippen molar-refractivity contribution in [1.82, 2.24) is 15.5 Å². The molecular weight excluding hydrogens is 330 g/mol. The summed E-state index contributed by atoms with van der Waals surface area (Å²) in [7, 11) is 0. The highest BCUT2D eigenvalue weighted by Crippen LogP contribution is 2.30. The molecule has 0 unspecified atom stereocenters. The van der Waals surface area contributed by atoms with E-state index in [1.807, 2.05) is 29.6 Å². The number of carbonyl (C=O) groups excluding carboxylic acids is 1. The van der Waals surface area contributed by atoms with Crippen molar-refractivity contribution in [1.29, 1.82) is 0 Å². The maximum atomic E-state index is 11.9. The van der Waals surface area contributed by atoms with Gasteiger partial charge in [-0.15, -0.1) is 22.7 Å². The summed E-state index contributed by atoms with van der Waals surface area (Å²) < 4.78 is 5.35. The van der Waals surface area contributed by atoms with E-state index in [1.165, 1.54) is 6.42 Å². The van der Waals surface area contributed by atoms with E-state index >= 15 is 0 Å². The molecule has 23 heavy (non-hydrogen) atoms. The molecule has 4 rings (SSSR count). The van der Waals surface area contributed by atoms with Crippen LogP contribution < -0.4 is 5.32 Å². The van der Waals surface area contributed by atoms with Crippen LogP contribution >= 0.6 is 22.7 Å². The van der Waals surface area contributed by atoms with E-state index in [0.29, 0.717) is 18.3 Å². The van der Waals surface area contributed by atoms with E-state index in [-0.39, 0.29) is 11.8 Å². The number of nitrogens with zero attached hydrogens (tertiary/aromatic N) is 2. The molecule has 1 amide bonds. The molecule has 5 nitrogen and oxygen atoms in total. The maximum Gasteiger partial charge on any atom is 0.268 e. The van der Waals surface area contributed by atoms with Gasteiger partial charge >= 0.3 is 0 Å². The zero-order valence-electron chi connectivity index (χ0n) is 12.3. The summed E-state index contributed by atoms with van der Waals surface area (Å²) in [6.45, 7) is 0.561. The van der Waals surface area contributed by atoms with Gasteiger partial charge in [0.15, 0.2) is 0 Å². The molecule has 0 spiro atoms. The Bertz CT molecular complexity index is 803. The predicted octanol–water partition coefficient (Wildman–Crippen LogP) is 3.94. The molecule has 0 aromatic carbocycles. The molecule has 3 aromatic heterocycles. The van der Waals surface area contributed by atoms with Gasteiger partial charge in [-0.25, -0.2) is 0 Å². The van der Waals surface area contributed by atoms with Crippen LogP contribution in [0, 0.1) is 5.92 Å². The van der Waals surface area contributed by atoms with Crippen LogP contribution in [0.3, 0.4) is 0 Å². The second-order valence-electron chi connectivity index (χ2n) is 5.51. The van der Waals surface area contributed by atoms with Crippen LogP contribution in [0.4, 0.5) is 0 Å². The Hall–Kier alpha value is -1.99. The zero-order chi connectivity index (χ0) is 15.6. The number of amides is 1. The van der Waals surface area contributed by atoms with Crippen LogP contribution in [0.25, 0.3) is 21.5 Å². The highest BCUT2D eigenvalue weighted by Gasteiger charge is 2.24. The monoisotopic (exact) mass is 345 g/mol. The third kappa shape index (κ3) is 3.07. The van der Waals surface area contributed by atoms with Gasteiger partial charge in [0.2, 0.25) is 11.7 Å². The first-order valence-electron chi connectivity index (χ1n) is 7.54. The lowest BCUT2D eigenvalue weighted by Gasteiger charge is -2.23. The Labute approximate surface area is 141 Å². The van der Waals surface area contributed by atoms with Crippen molar-refractivity contribution >= 4 is 28.6 Å². The van der Waals surface area contributed by atoms with E-state index in [2.05, 4.69) is 15.5 Å². The lowest BCUT2D eigenvalue weighted by Crippen LogP contribution is -2.33. The van der Waals surface area contributed by atoms with Gasteiger partial charge in [0.05, 0.1) is 16.3 Å². The summed E-state index contributed by atoms with van der Waals surface area (Å²) >= 11 is 3.15. The molecular formula is C16H15N3O2S2. The van der Waals surface area contributed by atoms with E-state index < -0.39 is 0 Å². The average Bonchev–Trinajstić information content (AvgIpc) is 3.22. The second kappa shape index (κ2) is 6.25. The Morgan fingerprint density at radius 1 is 1.30 bits per heavy atom. The summed E-state index contributed by atoms with van der Waals surface area (Å²) in [4.78, 5) is 19.3. The number of thiophene rings is 2. The van der Waals surface area contributed by atoms with Crippen LogP contribution in [0.2, 0.25) is 0 Å². The van der Waals surface area contributed by atoms with Gasteiger partial charge in [0, 0.05) is 10.8 Å². The minimum atomic E-state index is 0.170. The minimum absolute atomic E-state index is 0.170. The fraction of sp³-hybridized carbons (Fsp3) is 0.312. The van der Waals surface area contributed by atoms with Gasteiger partial charge in [-0.05, 0) is 36.4 Å². The Balaban J connectivity index is 1.42. The third-order valence-electron chi connectivity index (χ3n) is 3.95. The molecule has 1 aliphatic rings. The molecule has 0 saturated heterocycles. The first-order chi connectivity index (χ1) is 11.3. The molecule has 3 heterocycles. The Morgan fingerprint density at radius 3 is 2.96 bits per heavy atom. The standard InChI is InChI=1S/C16H15N3O2S2/c20-15(10-3-1-4-10)17-9-11-6-7-13(23-11)16-18-14(19-21-16)12-5-2-8-22-12/h2,5-8,10H,1,3-4,9H2,(H,17,20). The molecule has 1 saturated carbocycles. The first kappa shape index (κ1) is 14.6. The highest BCUT2D eigenvalue weighted by atomic mass is 32.1. The zero-order valence-corrected chi connectivity index (χ0v) is 14.0. The molecule has 3 aromatic rings. The molecule has 1 N–H and O–H groups in total. The van der Waals surface area contributed by atoms with E-state index in [4.69, 9.17) is 4.52 Å². The Morgan fingerprint density at radius 2 is 2.22 bits per heavy atom. The largest absolute Gasteiger partial charge is 0.351 e. The van der Waals surface area contributed by atoms with Crippen LogP contribution in [0.1, 0.15) is 24.1 Å². The average molecular weight is 345 g/mol. The van der Waals surface area contributed by atoms with E-state index in [9.17, 15) is 4.79 Å². The smallest absolute Gasteiger partial charge is 0.268 e. The van der Waals surface area contributed by atoms with Crippen LogP contribution in [0.5, 0.6) is 0 Å². The molecule has 1 fully saturated rings. The molecule has 118 valence electrons. The fourth-order valence-electron chi connectivity index (χ4n) is 2.41. The summed E-state index contributed by atoms with van der Waals surface area (Å²) in [5.41, 5.74) is 0. The maximum absolute atomic E-state index is 11.9. The molecule has 7 heteroatoms. The van der Waals surface area contributed by atoms with E-state index in [1.54, 1.807) is 22.7 Å². The van der Waals surface area contributed by atoms with Crippen LogP contribution in [-0.2, 0) is 11.3 Å². The minimum Gasteiger partial charge on any atom is -0.351 e. The van der Waals surface area contributed by atoms with Crippen LogP contribution in [0.15, 0.2) is 34.2 Å². The molecule has 0 atom stereocenters. The van der Waals surface area contributed by atoms with Gasteiger partial charge in [-0.3, -0.25) is 4.79 Å². The van der Waals surface area contributed by atoms with Gasteiger partial charge in [-0.2, -0.15) is 4.98 Å². The molecule has 1 aliphatic carbocycles. The first-order valence-corrected chi connectivity index (χ1v) is 9.23. The van der Waals surface area contributed by atoms with Crippen molar-refractivity contribution in [3.8, 4) is 21.5 Å². The van der Waals surface area contributed by atoms with Gasteiger partial charge in [0.1, 0.15) is 0 Å². The molecule has 0 aliphatic heterocycles. The summed E-state index contributed by atoms with van der Waals surface area (Å²) in [5, 5.41) is 9.01. The summed E-state index contributed by atoms with van der Waals surface area (Å²) in [6, 6.07) is 7.89. The van der Waals surface area contributed by atoms with Crippen molar-refractivity contribution < 1.29 is 9.32 Å². The van der Waals surface area contributed by atoms with Crippen molar-refractivity contribution in [2.24, 2.45) is 5.92 Å². The van der Waals surface area contributed by atoms with Crippen molar-refractivity contribution in [3.63, 3.8) is 0 Å². The number of hydrogen-bond acceptors (Lipinski definition) is 6. The van der Waals surface area contributed by atoms with E-state index in [0.717, 1.165) is 27.5 Å². The normalized spacial score (nSPS) is 14.6. The SMILES string of the molecule is O=C(NCc1ccc(-c2nc(-c3cccs3)no2)s1)C1CCC1. The van der Waals surface area contributed by atoms with Gasteiger partial charge in [-0.1, -0.05) is 17.6 Å². The highest BCUT2D eigenvalue weighted by molar-refractivity contribution is 7.15. The van der Waals surface area contributed by atoms with Crippen LogP contribution in [-0.4, -0.2) is 16.0 Å². The second-order valence-corrected chi connectivity index (χ2v) is 7.63. The van der Waals surface area contributed by atoms with Crippen molar-refractivity contribution in [2.75, 3.05) is 0 Å². The third-order valence-corrected chi connectivity index (χ3v) is 5.89. The van der Waals surface area contributed by atoms with Gasteiger partial charge < -0.3 is 9.84 Å². The number of rotatable bonds is 5. The quantitative estimate of drug-likeness (QED) is 0.760. The number of aromatic nitrogens is 2. The lowest BCUT2D eigenvalue weighted by molar-refractivity contribution is -0.127. The van der Waals surface area contributed by atoms with Crippen molar-refractivity contribution in [3.05, 3.63) is 34.5 Å². The summed E-state index contributed by atoms with van der Waals surface area (Å²) in [6.07, 6.45) is 3.22. The Kier molecular flexibility index (Phi) is 3.97. The van der Waals surface area contributed by atoms with Crippen molar-refractivity contribution in [2.45, 2.75) is 25.8 Å². The molecule has 0 radical (unpaired) electrons. The summed E-state index contributed by atoms with van der Waals surface area (Å²) in [5.74, 6) is 1.53. The molecule has 0 bridgehead atoms. The fourth-order valence-corrected chi connectivity index (χ4v) is 3.92. The number of carbonyl (C=O) groups is 1.